The summed E-state index contributed by atoms with van der Waals surface area (Å²) in [6.45, 7) is 11.6. The summed E-state index contributed by atoms with van der Waals surface area (Å²) < 4.78 is 5.32. The third kappa shape index (κ3) is 4.37. The molecule has 2 amide bonds. The molecule has 21 heavy (non-hydrogen) atoms. The molecule has 1 heterocycles. The number of urea groups is 1. The minimum atomic E-state index is -1.04. The van der Waals surface area contributed by atoms with Gasteiger partial charge in [-0.15, -0.1) is 6.58 Å². The van der Waals surface area contributed by atoms with Crippen LogP contribution in [-0.4, -0.2) is 34.1 Å². The van der Waals surface area contributed by atoms with Crippen LogP contribution in [-0.2, 0) is 6.54 Å². The molecule has 1 rings (SSSR count). The monoisotopic (exact) mass is 294 g/mol. The Morgan fingerprint density at radius 3 is 2.52 bits per heavy atom. The summed E-state index contributed by atoms with van der Waals surface area (Å²) in [5.74, 6) is -0.312. The minimum Gasteiger partial charge on any atom is -0.478 e. The number of aromatic carboxylic acids is 1. The fourth-order valence-corrected chi connectivity index (χ4v) is 1.89. The maximum Gasteiger partial charge on any atom is 0.339 e. The number of carbonyl (C=O) groups excluding carboxylic acids is 1. The number of carboxylic acid groups (broad SMARTS) is 1. The van der Waals surface area contributed by atoms with Crippen molar-refractivity contribution < 1.29 is 19.1 Å². The summed E-state index contributed by atoms with van der Waals surface area (Å²) in [6.07, 6.45) is 1.66. The molecular formula is C15H22N2O4. The van der Waals surface area contributed by atoms with Crippen LogP contribution in [0, 0.1) is 6.92 Å². The largest absolute Gasteiger partial charge is 0.478 e. The first-order valence-corrected chi connectivity index (χ1v) is 6.65. The fraction of sp³-hybridized carbons (Fsp3) is 0.467. The number of amides is 2. The zero-order chi connectivity index (χ0) is 16.2. The molecule has 0 spiro atoms. The zero-order valence-corrected chi connectivity index (χ0v) is 12.9. The van der Waals surface area contributed by atoms with Crippen molar-refractivity contribution in [1.29, 1.82) is 0 Å². The van der Waals surface area contributed by atoms with Gasteiger partial charge in [-0.25, -0.2) is 9.59 Å². The van der Waals surface area contributed by atoms with Crippen LogP contribution >= 0.6 is 0 Å². The van der Waals surface area contributed by atoms with Gasteiger partial charge in [-0.3, -0.25) is 0 Å². The standard InChI is InChI=1S/C15H22N2O4/c1-6-7-17(15(3,4)5)14(20)16-9-11-8-12(13(18)19)10(2)21-11/h6,8H,1,7,9H2,2-5H3,(H,16,20)(H,18,19). The number of furan rings is 1. The second-order valence-corrected chi connectivity index (χ2v) is 5.72. The van der Waals surface area contributed by atoms with E-state index in [2.05, 4.69) is 11.9 Å². The van der Waals surface area contributed by atoms with E-state index in [0.29, 0.717) is 18.1 Å². The third-order valence-corrected chi connectivity index (χ3v) is 2.98. The Hall–Kier alpha value is -2.24. The third-order valence-electron chi connectivity index (χ3n) is 2.98. The summed E-state index contributed by atoms with van der Waals surface area (Å²) >= 11 is 0. The van der Waals surface area contributed by atoms with Gasteiger partial charge in [0.2, 0.25) is 0 Å². The van der Waals surface area contributed by atoms with Crippen LogP contribution in [0.3, 0.4) is 0 Å². The Morgan fingerprint density at radius 1 is 1.48 bits per heavy atom. The van der Waals surface area contributed by atoms with Gasteiger partial charge in [-0.05, 0) is 33.8 Å². The second kappa shape index (κ2) is 6.47. The Labute approximate surface area is 124 Å². The van der Waals surface area contributed by atoms with Crippen molar-refractivity contribution in [2.75, 3.05) is 6.54 Å². The first-order chi connectivity index (χ1) is 9.66. The molecule has 0 fully saturated rings. The highest BCUT2D eigenvalue weighted by Gasteiger charge is 2.25. The van der Waals surface area contributed by atoms with E-state index < -0.39 is 5.97 Å². The van der Waals surface area contributed by atoms with Crippen molar-refractivity contribution in [3.05, 3.63) is 35.8 Å². The number of carboxylic acids is 1. The maximum atomic E-state index is 12.2. The van der Waals surface area contributed by atoms with E-state index in [1.165, 1.54) is 6.07 Å². The van der Waals surface area contributed by atoms with Gasteiger partial charge < -0.3 is 19.7 Å². The SMILES string of the molecule is C=CCN(C(=O)NCc1cc(C(=O)O)c(C)o1)C(C)(C)C. The van der Waals surface area contributed by atoms with Crippen LogP contribution < -0.4 is 5.32 Å². The van der Waals surface area contributed by atoms with Gasteiger partial charge in [0.1, 0.15) is 17.1 Å². The van der Waals surface area contributed by atoms with Crippen molar-refractivity contribution in [3.63, 3.8) is 0 Å². The topological polar surface area (TPSA) is 82.8 Å². The smallest absolute Gasteiger partial charge is 0.339 e. The van der Waals surface area contributed by atoms with E-state index >= 15 is 0 Å². The molecule has 0 aliphatic heterocycles. The molecule has 0 aliphatic rings. The van der Waals surface area contributed by atoms with Crippen LogP contribution in [0.5, 0.6) is 0 Å². The van der Waals surface area contributed by atoms with Gasteiger partial charge in [-0.1, -0.05) is 6.08 Å². The minimum absolute atomic E-state index is 0.109. The molecule has 6 nitrogen and oxygen atoms in total. The van der Waals surface area contributed by atoms with E-state index in [1.54, 1.807) is 17.9 Å². The number of rotatable bonds is 5. The molecule has 0 saturated carbocycles. The predicted molar refractivity (Wildman–Crippen MR) is 79.3 cm³/mol. The molecule has 0 aliphatic carbocycles. The van der Waals surface area contributed by atoms with E-state index in [4.69, 9.17) is 9.52 Å². The Bertz CT molecular complexity index is 540. The molecule has 0 radical (unpaired) electrons. The predicted octanol–water partition coefficient (Wildman–Crippen LogP) is 2.78. The van der Waals surface area contributed by atoms with Gasteiger partial charge in [-0.2, -0.15) is 0 Å². The summed E-state index contributed by atoms with van der Waals surface area (Å²) in [6, 6.07) is 1.17. The summed E-state index contributed by atoms with van der Waals surface area (Å²) in [5.41, 5.74) is -0.234. The van der Waals surface area contributed by atoms with Crippen molar-refractivity contribution >= 4 is 12.0 Å². The molecule has 1 aromatic heterocycles. The molecular weight excluding hydrogens is 272 g/mol. The number of carbonyl (C=O) groups is 2. The number of hydrogen-bond acceptors (Lipinski definition) is 3. The van der Waals surface area contributed by atoms with Crippen molar-refractivity contribution in [3.8, 4) is 0 Å². The number of nitrogens with zero attached hydrogens (tertiary/aromatic N) is 1. The van der Waals surface area contributed by atoms with E-state index in [0.717, 1.165) is 0 Å². The molecule has 1 aromatic rings. The fourth-order valence-electron chi connectivity index (χ4n) is 1.89. The van der Waals surface area contributed by atoms with Crippen LogP contribution in [0.4, 0.5) is 4.79 Å². The van der Waals surface area contributed by atoms with Crippen LogP contribution in [0.1, 0.15) is 42.6 Å². The Morgan fingerprint density at radius 2 is 2.10 bits per heavy atom. The van der Waals surface area contributed by atoms with Crippen LogP contribution in [0.15, 0.2) is 23.1 Å². The van der Waals surface area contributed by atoms with Gasteiger partial charge in [0.15, 0.2) is 0 Å². The van der Waals surface area contributed by atoms with Gasteiger partial charge >= 0.3 is 12.0 Å². The van der Waals surface area contributed by atoms with Crippen molar-refractivity contribution in [2.45, 2.75) is 39.8 Å². The lowest BCUT2D eigenvalue weighted by molar-refractivity contribution is 0.0695. The molecule has 2 N–H and O–H groups in total. The van der Waals surface area contributed by atoms with Crippen molar-refractivity contribution in [2.24, 2.45) is 0 Å². The molecule has 0 atom stereocenters. The second-order valence-electron chi connectivity index (χ2n) is 5.72. The van der Waals surface area contributed by atoms with Crippen molar-refractivity contribution in [1.82, 2.24) is 10.2 Å². The number of hydrogen-bond donors (Lipinski definition) is 2. The van der Waals surface area contributed by atoms with Gasteiger partial charge in [0.05, 0.1) is 6.54 Å². The summed E-state index contributed by atoms with van der Waals surface area (Å²) in [4.78, 5) is 24.8. The molecule has 116 valence electrons. The quantitative estimate of drug-likeness (QED) is 0.818. The van der Waals surface area contributed by atoms with Crippen LogP contribution in [0.25, 0.3) is 0 Å². The molecule has 0 aromatic carbocycles. The molecule has 0 saturated heterocycles. The zero-order valence-electron chi connectivity index (χ0n) is 12.9. The highest BCUT2D eigenvalue weighted by Crippen LogP contribution is 2.16. The Kier molecular flexibility index (Phi) is 5.18. The van der Waals surface area contributed by atoms with E-state index in [-0.39, 0.29) is 23.7 Å². The molecule has 6 heteroatoms. The average Bonchev–Trinajstić information content (AvgIpc) is 2.73. The highest BCUT2D eigenvalue weighted by atomic mass is 16.4. The lowest BCUT2D eigenvalue weighted by Crippen LogP contribution is -2.50. The highest BCUT2D eigenvalue weighted by molar-refractivity contribution is 5.88. The first-order valence-electron chi connectivity index (χ1n) is 6.65. The van der Waals surface area contributed by atoms with Gasteiger partial charge in [0.25, 0.3) is 0 Å². The molecule has 0 unspecified atom stereocenters. The van der Waals surface area contributed by atoms with Gasteiger partial charge in [0, 0.05) is 12.1 Å². The summed E-state index contributed by atoms with van der Waals surface area (Å²) in [5, 5.41) is 11.7. The summed E-state index contributed by atoms with van der Waals surface area (Å²) in [7, 11) is 0. The number of aryl methyl sites for hydroxylation is 1. The van der Waals surface area contributed by atoms with Crippen LogP contribution in [0.2, 0.25) is 0 Å². The number of nitrogens with one attached hydrogen (secondary N) is 1. The first kappa shape index (κ1) is 16.8. The molecule has 0 bridgehead atoms. The maximum absolute atomic E-state index is 12.2. The lowest BCUT2D eigenvalue weighted by atomic mass is 10.1. The van der Waals surface area contributed by atoms with E-state index in [1.807, 2.05) is 20.8 Å². The van der Waals surface area contributed by atoms with E-state index in [9.17, 15) is 9.59 Å². The average molecular weight is 294 g/mol. The Balaban J connectivity index is 2.73. The lowest BCUT2D eigenvalue weighted by Gasteiger charge is -2.34. The normalized spacial score (nSPS) is 11.0.